The lowest BCUT2D eigenvalue weighted by molar-refractivity contribution is 1.11. The summed E-state index contributed by atoms with van der Waals surface area (Å²) in [6.45, 7) is 1.93. The maximum atomic E-state index is 5.93. The molecule has 0 aliphatic rings. The summed E-state index contributed by atoms with van der Waals surface area (Å²) in [5.41, 5.74) is 5.32. The van der Waals surface area contributed by atoms with Gasteiger partial charge in [0.25, 0.3) is 0 Å². The number of thiazole rings is 1. The van der Waals surface area contributed by atoms with Crippen LogP contribution in [0, 0.1) is 6.92 Å². The van der Waals surface area contributed by atoms with E-state index < -0.39 is 0 Å². The zero-order valence-corrected chi connectivity index (χ0v) is 12.7. The summed E-state index contributed by atoms with van der Waals surface area (Å²) < 4.78 is 0.595. The van der Waals surface area contributed by atoms with Crippen LogP contribution in [0.15, 0.2) is 36.5 Å². The van der Waals surface area contributed by atoms with Crippen LogP contribution in [0.2, 0.25) is 4.34 Å². The number of rotatable bonds is 3. The van der Waals surface area contributed by atoms with Gasteiger partial charge in [0.2, 0.25) is 0 Å². The molecule has 0 aliphatic carbocycles. The maximum Gasteiger partial charge on any atom is 0.191 e. The van der Waals surface area contributed by atoms with E-state index in [9.17, 15) is 0 Å². The molecule has 3 N–H and O–H groups in total. The molecule has 21 heavy (non-hydrogen) atoms. The summed E-state index contributed by atoms with van der Waals surface area (Å²) >= 11 is 7.26. The zero-order chi connectivity index (χ0) is 14.8. The molecular weight excluding hydrogens is 306 g/mol. The van der Waals surface area contributed by atoms with Crippen molar-refractivity contribution in [3.05, 3.63) is 46.4 Å². The quantitative estimate of drug-likeness (QED) is 0.571. The van der Waals surface area contributed by atoms with Gasteiger partial charge < -0.3 is 5.43 Å². The summed E-state index contributed by atoms with van der Waals surface area (Å²) in [7, 11) is 0. The maximum absolute atomic E-state index is 5.93. The number of aromatic nitrogens is 3. The van der Waals surface area contributed by atoms with Crippen LogP contribution in [-0.2, 0) is 0 Å². The Balaban J connectivity index is 2.20. The SMILES string of the molecule is Cc1c(NN)nc(-c2ncc(Cl)s2)nc1-c1ccccc1. The van der Waals surface area contributed by atoms with Gasteiger partial charge in [0.1, 0.15) is 10.2 Å². The molecule has 2 aromatic heterocycles. The molecule has 0 atom stereocenters. The molecule has 0 bridgehead atoms. The molecule has 0 amide bonds. The van der Waals surface area contributed by atoms with Gasteiger partial charge in [0.05, 0.1) is 11.9 Å². The normalized spacial score (nSPS) is 10.6. The van der Waals surface area contributed by atoms with E-state index >= 15 is 0 Å². The Morgan fingerprint density at radius 1 is 1.19 bits per heavy atom. The van der Waals surface area contributed by atoms with Crippen molar-refractivity contribution in [2.24, 2.45) is 5.84 Å². The Bertz CT molecular complexity index is 772. The first-order valence-electron chi connectivity index (χ1n) is 6.21. The van der Waals surface area contributed by atoms with Gasteiger partial charge in [-0.1, -0.05) is 53.3 Å². The van der Waals surface area contributed by atoms with Gasteiger partial charge in [-0.2, -0.15) is 0 Å². The molecule has 0 aliphatic heterocycles. The summed E-state index contributed by atoms with van der Waals surface area (Å²) in [4.78, 5) is 13.2. The third-order valence-corrected chi connectivity index (χ3v) is 4.11. The van der Waals surface area contributed by atoms with E-state index in [1.54, 1.807) is 6.20 Å². The lowest BCUT2D eigenvalue weighted by Gasteiger charge is -2.11. The fraction of sp³-hybridized carbons (Fsp3) is 0.0714. The van der Waals surface area contributed by atoms with Gasteiger partial charge in [-0.25, -0.2) is 20.8 Å². The standard InChI is InChI=1S/C14H12ClN5S/c1-8-11(9-5-3-2-4-6-9)18-13(19-12(8)20-16)14-17-7-10(15)21-14/h2-7H,16H2,1H3,(H,18,19,20). The van der Waals surface area contributed by atoms with Crippen molar-refractivity contribution in [2.75, 3.05) is 5.43 Å². The van der Waals surface area contributed by atoms with Crippen molar-refractivity contribution in [3.8, 4) is 22.1 Å². The minimum absolute atomic E-state index is 0.504. The van der Waals surface area contributed by atoms with E-state index in [0.717, 1.165) is 16.8 Å². The molecule has 1 aromatic carbocycles. The van der Waals surface area contributed by atoms with Crippen LogP contribution in [-0.4, -0.2) is 15.0 Å². The van der Waals surface area contributed by atoms with Gasteiger partial charge in [-0.15, -0.1) is 0 Å². The third kappa shape index (κ3) is 2.73. The van der Waals surface area contributed by atoms with Crippen molar-refractivity contribution < 1.29 is 0 Å². The van der Waals surface area contributed by atoms with Crippen LogP contribution < -0.4 is 11.3 Å². The van der Waals surface area contributed by atoms with E-state index in [-0.39, 0.29) is 0 Å². The number of nitrogen functional groups attached to an aromatic ring is 1. The molecule has 5 nitrogen and oxygen atoms in total. The summed E-state index contributed by atoms with van der Waals surface area (Å²) in [5, 5.41) is 0.661. The second-order valence-corrected chi connectivity index (χ2v) is 6.01. The molecule has 0 spiro atoms. The minimum Gasteiger partial charge on any atom is -0.308 e. The van der Waals surface area contributed by atoms with E-state index in [1.165, 1.54) is 11.3 Å². The highest BCUT2D eigenvalue weighted by Gasteiger charge is 2.15. The minimum atomic E-state index is 0.504. The van der Waals surface area contributed by atoms with E-state index in [4.69, 9.17) is 17.4 Å². The summed E-state index contributed by atoms with van der Waals surface area (Å²) in [6.07, 6.45) is 1.59. The van der Waals surface area contributed by atoms with E-state index in [1.807, 2.05) is 37.3 Å². The topological polar surface area (TPSA) is 76.7 Å². The van der Waals surface area contributed by atoms with E-state index in [0.29, 0.717) is 21.0 Å². The average Bonchev–Trinajstić information content (AvgIpc) is 2.95. The molecule has 0 saturated carbocycles. The number of hydrazine groups is 1. The highest BCUT2D eigenvalue weighted by molar-refractivity contribution is 7.18. The van der Waals surface area contributed by atoms with Crippen LogP contribution in [0.4, 0.5) is 5.82 Å². The number of nitrogens with two attached hydrogens (primary N) is 1. The van der Waals surface area contributed by atoms with Crippen molar-refractivity contribution >= 4 is 28.8 Å². The van der Waals surface area contributed by atoms with Crippen molar-refractivity contribution in [1.29, 1.82) is 0 Å². The first-order chi connectivity index (χ1) is 10.2. The molecule has 0 fully saturated rings. The van der Waals surface area contributed by atoms with Gasteiger partial charge in [-0.05, 0) is 6.92 Å². The van der Waals surface area contributed by atoms with Crippen LogP contribution in [0.3, 0.4) is 0 Å². The fourth-order valence-electron chi connectivity index (χ4n) is 1.99. The molecular formula is C14H12ClN5S. The van der Waals surface area contributed by atoms with Gasteiger partial charge in [0, 0.05) is 11.1 Å². The van der Waals surface area contributed by atoms with Crippen LogP contribution in [0.5, 0.6) is 0 Å². The molecule has 0 radical (unpaired) electrons. The number of nitrogens with one attached hydrogen (secondary N) is 1. The zero-order valence-electron chi connectivity index (χ0n) is 11.2. The first kappa shape index (κ1) is 13.9. The van der Waals surface area contributed by atoms with Crippen LogP contribution in [0.1, 0.15) is 5.56 Å². The smallest absolute Gasteiger partial charge is 0.191 e. The summed E-state index contributed by atoms with van der Waals surface area (Å²) in [6, 6.07) is 9.88. The Hall–Kier alpha value is -2.02. The monoisotopic (exact) mass is 317 g/mol. The lowest BCUT2D eigenvalue weighted by atomic mass is 10.1. The Morgan fingerprint density at radius 2 is 1.95 bits per heavy atom. The van der Waals surface area contributed by atoms with Gasteiger partial charge in [0.15, 0.2) is 10.8 Å². The molecule has 7 heteroatoms. The lowest BCUT2D eigenvalue weighted by Crippen LogP contribution is -2.12. The second-order valence-electron chi connectivity index (χ2n) is 4.35. The molecule has 3 rings (SSSR count). The molecule has 0 unspecified atom stereocenters. The fourth-order valence-corrected chi connectivity index (χ4v) is 2.83. The predicted octanol–water partition coefficient (Wildman–Crippen LogP) is 3.51. The first-order valence-corrected chi connectivity index (χ1v) is 7.41. The van der Waals surface area contributed by atoms with Crippen LogP contribution >= 0.6 is 22.9 Å². The van der Waals surface area contributed by atoms with Crippen LogP contribution in [0.25, 0.3) is 22.1 Å². The molecule has 3 aromatic rings. The number of benzene rings is 1. The highest BCUT2D eigenvalue weighted by atomic mass is 35.5. The van der Waals surface area contributed by atoms with Gasteiger partial charge in [-0.3, -0.25) is 0 Å². The number of halogens is 1. The number of anilines is 1. The highest BCUT2D eigenvalue weighted by Crippen LogP contribution is 2.31. The van der Waals surface area contributed by atoms with Crippen molar-refractivity contribution in [3.63, 3.8) is 0 Å². The van der Waals surface area contributed by atoms with E-state index in [2.05, 4.69) is 20.4 Å². The largest absolute Gasteiger partial charge is 0.308 e. The van der Waals surface area contributed by atoms with Crippen molar-refractivity contribution in [2.45, 2.75) is 6.92 Å². The Morgan fingerprint density at radius 3 is 2.57 bits per heavy atom. The Labute approximate surface area is 130 Å². The molecule has 2 heterocycles. The van der Waals surface area contributed by atoms with Crippen molar-refractivity contribution in [1.82, 2.24) is 15.0 Å². The number of nitrogens with zero attached hydrogens (tertiary/aromatic N) is 3. The number of hydrogen-bond acceptors (Lipinski definition) is 6. The summed E-state index contributed by atoms with van der Waals surface area (Å²) in [5.74, 6) is 6.64. The predicted molar refractivity (Wildman–Crippen MR) is 86.1 cm³/mol. The average molecular weight is 318 g/mol. The molecule has 0 saturated heterocycles. The molecule has 106 valence electrons. The van der Waals surface area contributed by atoms with Gasteiger partial charge >= 0.3 is 0 Å². The Kier molecular flexibility index (Phi) is 3.83. The number of hydrogen-bond donors (Lipinski definition) is 2. The third-order valence-electron chi connectivity index (χ3n) is 3.00. The second kappa shape index (κ2) is 5.77.